The van der Waals surface area contributed by atoms with Gasteiger partial charge in [0.2, 0.25) is 0 Å². The molecular weight excluding hydrogens is 348 g/mol. The van der Waals surface area contributed by atoms with Crippen LogP contribution in [0.5, 0.6) is 0 Å². The van der Waals surface area contributed by atoms with Crippen molar-refractivity contribution in [2.75, 3.05) is 11.9 Å². The second kappa shape index (κ2) is 7.68. The molecule has 4 rings (SSSR count). The molecule has 0 aromatic heterocycles. The molecule has 136 valence electrons. The predicted octanol–water partition coefficient (Wildman–Crippen LogP) is 5.09. The maximum atomic E-state index is 12.3. The van der Waals surface area contributed by atoms with Crippen LogP contribution in [-0.2, 0) is 4.74 Å². The summed E-state index contributed by atoms with van der Waals surface area (Å²) in [5.74, 6) is 0.464. The van der Waals surface area contributed by atoms with Crippen LogP contribution in [0.3, 0.4) is 0 Å². The molecule has 2 N–H and O–H groups in total. The van der Waals surface area contributed by atoms with Crippen LogP contribution in [-0.4, -0.2) is 24.8 Å². The molecule has 0 saturated carbocycles. The smallest absolute Gasteiger partial charge is 0.411 e. The first kappa shape index (κ1) is 17.4. The summed E-state index contributed by atoms with van der Waals surface area (Å²) in [7, 11) is 0. The second-order valence-corrected chi connectivity index (χ2v) is 7.69. The van der Waals surface area contributed by atoms with Gasteiger partial charge in [-0.1, -0.05) is 41.9 Å². The van der Waals surface area contributed by atoms with Crippen LogP contribution in [0.2, 0.25) is 5.02 Å². The Bertz CT molecular complexity index is 766. The Morgan fingerprint density at radius 1 is 1.08 bits per heavy atom. The molecule has 2 unspecified atom stereocenters. The lowest BCUT2D eigenvalue weighted by Crippen LogP contribution is -2.39. The average molecular weight is 371 g/mol. The van der Waals surface area contributed by atoms with Crippen molar-refractivity contribution in [1.82, 2.24) is 5.32 Å². The molecular formula is C21H23ClN2O2. The number of nitrogens with one attached hydrogen (secondary N) is 2. The number of hydrogen-bond donors (Lipinski definition) is 2. The zero-order valence-electron chi connectivity index (χ0n) is 14.6. The number of anilines is 1. The van der Waals surface area contributed by atoms with Crippen molar-refractivity contribution < 1.29 is 9.53 Å². The summed E-state index contributed by atoms with van der Waals surface area (Å²) in [6.45, 7) is 0.490. The molecule has 2 fully saturated rings. The molecule has 4 nitrogen and oxygen atoms in total. The Labute approximate surface area is 158 Å². The Kier molecular flexibility index (Phi) is 5.14. The number of piperidine rings is 1. The summed E-state index contributed by atoms with van der Waals surface area (Å²) in [4.78, 5) is 12.3. The van der Waals surface area contributed by atoms with Crippen LogP contribution in [0.25, 0.3) is 11.1 Å². The number of para-hydroxylation sites is 1. The van der Waals surface area contributed by atoms with E-state index in [0.717, 1.165) is 29.7 Å². The largest absolute Gasteiger partial charge is 0.449 e. The number of ether oxygens (including phenoxy) is 1. The van der Waals surface area contributed by atoms with Gasteiger partial charge in [0, 0.05) is 22.7 Å². The number of carbonyl (C=O) groups is 1. The SMILES string of the molecule is O=C(Nc1ccccc1-c1ccc(Cl)cc1)OCC1CC2CCC(C1)N2. The fraction of sp³-hybridized carbons (Fsp3) is 0.381. The monoisotopic (exact) mass is 370 g/mol. The van der Waals surface area contributed by atoms with Gasteiger partial charge in [-0.05, 0) is 55.4 Å². The van der Waals surface area contributed by atoms with Crippen LogP contribution in [0, 0.1) is 5.92 Å². The van der Waals surface area contributed by atoms with E-state index in [9.17, 15) is 4.79 Å². The van der Waals surface area contributed by atoms with Crippen molar-refractivity contribution >= 4 is 23.4 Å². The molecule has 2 saturated heterocycles. The first-order valence-corrected chi connectivity index (χ1v) is 9.60. The average Bonchev–Trinajstić information content (AvgIpc) is 2.99. The molecule has 2 heterocycles. The third kappa shape index (κ3) is 4.02. The lowest BCUT2D eigenvalue weighted by atomic mass is 9.93. The highest BCUT2D eigenvalue weighted by molar-refractivity contribution is 6.30. The van der Waals surface area contributed by atoms with Crippen molar-refractivity contribution in [2.45, 2.75) is 37.8 Å². The molecule has 2 atom stereocenters. The highest BCUT2D eigenvalue weighted by atomic mass is 35.5. The minimum atomic E-state index is -0.391. The third-order valence-corrected chi connectivity index (χ3v) is 5.59. The summed E-state index contributed by atoms with van der Waals surface area (Å²) in [5, 5.41) is 7.19. The number of hydrogen-bond acceptors (Lipinski definition) is 3. The molecule has 1 amide bonds. The van der Waals surface area contributed by atoms with Gasteiger partial charge < -0.3 is 10.1 Å². The number of benzene rings is 2. The number of fused-ring (bicyclic) bond motifs is 2. The lowest BCUT2D eigenvalue weighted by molar-refractivity contribution is 0.122. The van der Waals surface area contributed by atoms with Crippen LogP contribution in [0.1, 0.15) is 25.7 Å². The van der Waals surface area contributed by atoms with Crippen molar-refractivity contribution in [1.29, 1.82) is 0 Å². The van der Waals surface area contributed by atoms with Gasteiger partial charge in [0.05, 0.1) is 12.3 Å². The van der Waals surface area contributed by atoms with Gasteiger partial charge >= 0.3 is 6.09 Å². The maximum Gasteiger partial charge on any atom is 0.411 e. The number of halogens is 1. The van der Waals surface area contributed by atoms with Crippen molar-refractivity contribution in [3.63, 3.8) is 0 Å². The number of carbonyl (C=O) groups excluding carboxylic acids is 1. The highest BCUT2D eigenvalue weighted by Gasteiger charge is 2.33. The summed E-state index contributed by atoms with van der Waals surface area (Å²) < 4.78 is 5.52. The second-order valence-electron chi connectivity index (χ2n) is 7.25. The van der Waals surface area contributed by atoms with E-state index in [1.165, 1.54) is 12.8 Å². The van der Waals surface area contributed by atoms with E-state index in [1.807, 2.05) is 48.5 Å². The lowest BCUT2D eigenvalue weighted by Gasteiger charge is -2.28. The quantitative estimate of drug-likeness (QED) is 0.788. The molecule has 0 aliphatic carbocycles. The molecule has 0 radical (unpaired) electrons. The van der Waals surface area contributed by atoms with Crippen molar-refractivity contribution in [2.24, 2.45) is 5.92 Å². The maximum absolute atomic E-state index is 12.3. The standard InChI is InChI=1S/C21H23ClN2O2/c22-16-7-5-15(6-8-16)19-3-1-2-4-20(19)24-21(25)26-13-14-11-17-9-10-18(12-14)23-17/h1-8,14,17-18,23H,9-13H2,(H,24,25). The van der Waals surface area contributed by atoms with Gasteiger partial charge in [0.25, 0.3) is 0 Å². The van der Waals surface area contributed by atoms with E-state index in [-0.39, 0.29) is 0 Å². The van der Waals surface area contributed by atoms with Crippen molar-refractivity contribution in [3.8, 4) is 11.1 Å². The highest BCUT2D eigenvalue weighted by Crippen LogP contribution is 2.31. The zero-order chi connectivity index (χ0) is 17.9. The summed E-state index contributed by atoms with van der Waals surface area (Å²) >= 11 is 5.97. The number of amides is 1. The Morgan fingerprint density at radius 3 is 2.50 bits per heavy atom. The third-order valence-electron chi connectivity index (χ3n) is 5.34. The minimum Gasteiger partial charge on any atom is -0.449 e. The van der Waals surface area contributed by atoms with Crippen LogP contribution in [0.4, 0.5) is 10.5 Å². The van der Waals surface area contributed by atoms with Gasteiger partial charge in [-0.3, -0.25) is 5.32 Å². The first-order valence-electron chi connectivity index (χ1n) is 9.22. The summed E-state index contributed by atoms with van der Waals surface area (Å²) in [6.07, 6.45) is 4.32. The van der Waals surface area contributed by atoms with E-state index < -0.39 is 6.09 Å². The van der Waals surface area contributed by atoms with Crippen molar-refractivity contribution in [3.05, 3.63) is 53.6 Å². The topological polar surface area (TPSA) is 50.4 Å². The fourth-order valence-corrected chi connectivity index (χ4v) is 4.25. The zero-order valence-corrected chi connectivity index (χ0v) is 15.3. The molecule has 2 aliphatic rings. The Hall–Kier alpha value is -2.04. The van der Waals surface area contributed by atoms with Gasteiger partial charge in [-0.15, -0.1) is 0 Å². The first-order chi connectivity index (χ1) is 12.7. The van der Waals surface area contributed by atoms with E-state index in [4.69, 9.17) is 16.3 Å². The fourth-order valence-electron chi connectivity index (χ4n) is 4.12. The molecule has 26 heavy (non-hydrogen) atoms. The van der Waals surface area contributed by atoms with E-state index in [2.05, 4.69) is 10.6 Å². The van der Waals surface area contributed by atoms with Crippen LogP contribution < -0.4 is 10.6 Å². The van der Waals surface area contributed by atoms with Gasteiger partial charge in [-0.2, -0.15) is 0 Å². The van der Waals surface area contributed by atoms with Crippen LogP contribution in [0.15, 0.2) is 48.5 Å². The van der Waals surface area contributed by atoms with Gasteiger partial charge in [0.1, 0.15) is 0 Å². The molecule has 2 bridgehead atoms. The summed E-state index contributed by atoms with van der Waals surface area (Å²) in [5.41, 5.74) is 2.69. The molecule has 2 aliphatic heterocycles. The van der Waals surface area contributed by atoms with Crippen LogP contribution >= 0.6 is 11.6 Å². The number of rotatable bonds is 4. The molecule has 2 aromatic rings. The van der Waals surface area contributed by atoms with E-state index in [1.54, 1.807) is 0 Å². The normalized spacial score (nSPS) is 24.3. The predicted molar refractivity (Wildman–Crippen MR) is 105 cm³/mol. The molecule has 2 aromatic carbocycles. The van der Waals surface area contributed by atoms with Gasteiger partial charge in [0.15, 0.2) is 0 Å². The van der Waals surface area contributed by atoms with E-state index in [0.29, 0.717) is 29.6 Å². The Balaban J connectivity index is 1.38. The van der Waals surface area contributed by atoms with E-state index >= 15 is 0 Å². The minimum absolute atomic E-state index is 0.391. The Morgan fingerprint density at radius 2 is 1.77 bits per heavy atom. The molecule has 5 heteroatoms. The summed E-state index contributed by atoms with van der Waals surface area (Å²) in [6, 6.07) is 16.5. The molecule has 0 spiro atoms. The van der Waals surface area contributed by atoms with Gasteiger partial charge in [-0.25, -0.2) is 4.79 Å².